The normalized spacial score (nSPS) is 12.1. The number of ether oxygens (including phenoxy) is 1. The lowest BCUT2D eigenvalue weighted by Crippen LogP contribution is -2.27. The summed E-state index contributed by atoms with van der Waals surface area (Å²) in [5.41, 5.74) is 4.02. The van der Waals surface area contributed by atoms with E-state index < -0.39 is 0 Å². The molecule has 0 fully saturated rings. The zero-order valence-electron chi connectivity index (χ0n) is 11.2. The van der Waals surface area contributed by atoms with Gasteiger partial charge in [0, 0.05) is 6.04 Å². The Kier molecular flexibility index (Phi) is 7.14. The van der Waals surface area contributed by atoms with Crippen LogP contribution in [0.1, 0.15) is 44.2 Å². The average Bonchev–Trinajstić information content (AvgIpc) is 2.41. The van der Waals surface area contributed by atoms with Crippen molar-refractivity contribution in [2.24, 2.45) is 5.84 Å². The summed E-state index contributed by atoms with van der Waals surface area (Å²) in [6, 6.07) is 8.31. The molecule has 0 aromatic heterocycles. The Morgan fingerprint density at radius 3 is 2.67 bits per heavy atom. The van der Waals surface area contributed by atoms with E-state index in [0.717, 1.165) is 38.0 Å². The molecule has 1 unspecified atom stereocenters. The SMILES string of the molecule is C=CCCC(NN)c1ccc(OCCCC)cc1. The molecule has 0 aliphatic carbocycles. The van der Waals surface area contributed by atoms with Crippen LogP contribution in [0.15, 0.2) is 36.9 Å². The van der Waals surface area contributed by atoms with E-state index in [2.05, 4.69) is 31.1 Å². The molecule has 0 bridgehead atoms. The molecule has 0 radical (unpaired) electrons. The number of hydrogen-bond donors (Lipinski definition) is 2. The molecule has 0 aliphatic heterocycles. The molecule has 1 aromatic carbocycles. The van der Waals surface area contributed by atoms with E-state index in [9.17, 15) is 0 Å². The van der Waals surface area contributed by atoms with Crippen molar-refractivity contribution in [1.29, 1.82) is 0 Å². The summed E-state index contributed by atoms with van der Waals surface area (Å²) in [7, 11) is 0. The van der Waals surface area contributed by atoms with Crippen LogP contribution in [0.4, 0.5) is 0 Å². The van der Waals surface area contributed by atoms with Gasteiger partial charge >= 0.3 is 0 Å². The molecule has 100 valence electrons. The Bertz CT molecular complexity index is 335. The van der Waals surface area contributed by atoms with Crippen molar-refractivity contribution in [3.05, 3.63) is 42.5 Å². The first-order chi connectivity index (χ1) is 8.81. The van der Waals surface area contributed by atoms with E-state index >= 15 is 0 Å². The maximum Gasteiger partial charge on any atom is 0.119 e. The van der Waals surface area contributed by atoms with Crippen molar-refractivity contribution < 1.29 is 4.74 Å². The summed E-state index contributed by atoms with van der Waals surface area (Å²) >= 11 is 0. The first-order valence-corrected chi connectivity index (χ1v) is 6.61. The van der Waals surface area contributed by atoms with Crippen LogP contribution >= 0.6 is 0 Å². The van der Waals surface area contributed by atoms with Crippen molar-refractivity contribution >= 4 is 0 Å². The second-order valence-electron chi connectivity index (χ2n) is 4.36. The number of allylic oxidation sites excluding steroid dienone is 1. The molecule has 0 heterocycles. The van der Waals surface area contributed by atoms with Gasteiger partial charge in [0.15, 0.2) is 0 Å². The summed E-state index contributed by atoms with van der Waals surface area (Å²) in [6.45, 7) is 6.67. The van der Waals surface area contributed by atoms with Crippen LogP contribution in [0.5, 0.6) is 5.75 Å². The van der Waals surface area contributed by atoms with Gasteiger partial charge in [0.1, 0.15) is 5.75 Å². The summed E-state index contributed by atoms with van der Waals surface area (Å²) in [5.74, 6) is 6.49. The molecule has 1 atom stereocenters. The van der Waals surface area contributed by atoms with E-state index in [1.807, 2.05) is 18.2 Å². The van der Waals surface area contributed by atoms with Gasteiger partial charge in [-0.15, -0.1) is 6.58 Å². The van der Waals surface area contributed by atoms with Gasteiger partial charge in [-0.1, -0.05) is 31.6 Å². The maximum absolute atomic E-state index is 5.63. The Labute approximate surface area is 110 Å². The minimum atomic E-state index is 0.174. The predicted octanol–water partition coefficient (Wildman–Crippen LogP) is 3.34. The van der Waals surface area contributed by atoms with Gasteiger partial charge < -0.3 is 4.74 Å². The molecular weight excluding hydrogens is 224 g/mol. The third-order valence-electron chi connectivity index (χ3n) is 2.91. The van der Waals surface area contributed by atoms with Crippen molar-refractivity contribution in [2.75, 3.05) is 6.61 Å². The average molecular weight is 248 g/mol. The lowest BCUT2D eigenvalue weighted by atomic mass is 10.0. The van der Waals surface area contributed by atoms with E-state index in [4.69, 9.17) is 10.6 Å². The summed E-state index contributed by atoms with van der Waals surface area (Å²) in [4.78, 5) is 0. The monoisotopic (exact) mass is 248 g/mol. The highest BCUT2D eigenvalue weighted by Gasteiger charge is 2.08. The van der Waals surface area contributed by atoms with Crippen LogP contribution in [-0.2, 0) is 0 Å². The summed E-state index contributed by atoms with van der Waals surface area (Å²) in [5, 5.41) is 0. The van der Waals surface area contributed by atoms with Gasteiger partial charge in [0.2, 0.25) is 0 Å². The molecule has 3 N–H and O–H groups in total. The fraction of sp³-hybridized carbons (Fsp3) is 0.467. The minimum absolute atomic E-state index is 0.174. The molecule has 1 rings (SSSR count). The van der Waals surface area contributed by atoms with Crippen molar-refractivity contribution in [3.8, 4) is 5.75 Å². The summed E-state index contributed by atoms with van der Waals surface area (Å²) < 4.78 is 5.63. The standard InChI is InChI=1S/C15H24N2O/c1-3-5-7-15(17-16)13-8-10-14(11-9-13)18-12-6-4-2/h3,8-11,15,17H,1,4-7,12,16H2,2H3. The fourth-order valence-electron chi connectivity index (χ4n) is 1.76. The second-order valence-corrected chi connectivity index (χ2v) is 4.36. The number of unbranched alkanes of at least 4 members (excludes halogenated alkanes) is 1. The molecule has 0 aliphatic rings. The Hall–Kier alpha value is -1.32. The van der Waals surface area contributed by atoms with Gasteiger partial charge in [0.05, 0.1) is 6.61 Å². The highest BCUT2D eigenvalue weighted by molar-refractivity contribution is 5.29. The van der Waals surface area contributed by atoms with Crippen LogP contribution in [0.2, 0.25) is 0 Å². The smallest absolute Gasteiger partial charge is 0.119 e. The van der Waals surface area contributed by atoms with E-state index in [1.54, 1.807) is 0 Å². The highest BCUT2D eigenvalue weighted by atomic mass is 16.5. The van der Waals surface area contributed by atoms with Crippen LogP contribution in [0.25, 0.3) is 0 Å². The Morgan fingerprint density at radius 2 is 2.11 bits per heavy atom. The van der Waals surface area contributed by atoms with E-state index in [-0.39, 0.29) is 6.04 Å². The Balaban J connectivity index is 2.54. The molecule has 0 saturated heterocycles. The van der Waals surface area contributed by atoms with Crippen LogP contribution in [-0.4, -0.2) is 6.61 Å². The third-order valence-corrected chi connectivity index (χ3v) is 2.91. The third kappa shape index (κ3) is 4.90. The molecule has 18 heavy (non-hydrogen) atoms. The number of rotatable bonds is 9. The molecule has 3 heteroatoms. The quantitative estimate of drug-likeness (QED) is 0.305. The Morgan fingerprint density at radius 1 is 1.39 bits per heavy atom. The first-order valence-electron chi connectivity index (χ1n) is 6.61. The van der Waals surface area contributed by atoms with Crippen molar-refractivity contribution in [3.63, 3.8) is 0 Å². The van der Waals surface area contributed by atoms with Gasteiger partial charge in [-0.3, -0.25) is 11.3 Å². The highest BCUT2D eigenvalue weighted by Crippen LogP contribution is 2.21. The van der Waals surface area contributed by atoms with Crippen LogP contribution < -0.4 is 16.0 Å². The van der Waals surface area contributed by atoms with Crippen LogP contribution in [0.3, 0.4) is 0 Å². The maximum atomic E-state index is 5.63. The number of nitrogens with two attached hydrogens (primary N) is 1. The number of hydrogen-bond acceptors (Lipinski definition) is 3. The van der Waals surface area contributed by atoms with E-state index in [1.165, 1.54) is 5.56 Å². The largest absolute Gasteiger partial charge is 0.494 e. The van der Waals surface area contributed by atoms with E-state index in [0.29, 0.717) is 0 Å². The number of hydrazine groups is 1. The van der Waals surface area contributed by atoms with Crippen molar-refractivity contribution in [1.82, 2.24) is 5.43 Å². The lowest BCUT2D eigenvalue weighted by Gasteiger charge is -2.16. The molecule has 0 amide bonds. The lowest BCUT2D eigenvalue weighted by molar-refractivity contribution is 0.309. The predicted molar refractivity (Wildman–Crippen MR) is 76.3 cm³/mol. The minimum Gasteiger partial charge on any atom is -0.494 e. The van der Waals surface area contributed by atoms with Gasteiger partial charge in [-0.05, 0) is 37.0 Å². The molecular formula is C15H24N2O. The van der Waals surface area contributed by atoms with Crippen molar-refractivity contribution in [2.45, 2.75) is 38.6 Å². The zero-order chi connectivity index (χ0) is 13.2. The van der Waals surface area contributed by atoms with Gasteiger partial charge in [-0.2, -0.15) is 0 Å². The molecule has 0 spiro atoms. The molecule has 1 aromatic rings. The number of benzene rings is 1. The first kappa shape index (κ1) is 14.7. The van der Waals surface area contributed by atoms with Crippen LogP contribution in [0, 0.1) is 0 Å². The van der Waals surface area contributed by atoms with Gasteiger partial charge in [-0.25, -0.2) is 0 Å². The zero-order valence-corrected chi connectivity index (χ0v) is 11.2. The number of nitrogens with one attached hydrogen (secondary N) is 1. The van der Waals surface area contributed by atoms with Gasteiger partial charge in [0.25, 0.3) is 0 Å². The topological polar surface area (TPSA) is 47.3 Å². The molecule has 3 nitrogen and oxygen atoms in total. The summed E-state index contributed by atoms with van der Waals surface area (Å²) in [6.07, 6.45) is 6.05. The molecule has 0 saturated carbocycles. The second kappa shape index (κ2) is 8.72. The fourth-order valence-corrected chi connectivity index (χ4v) is 1.76.